The topological polar surface area (TPSA) is 30.2 Å². The fourth-order valence-corrected chi connectivity index (χ4v) is 2.41. The van der Waals surface area contributed by atoms with Crippen LogP contribution in [0.25, 0.3) is 11.0 Å². The van der Waals surface area contributed by atoms with Crippen LogP contribution in [-0.4, -0.2) is 5.78 Å². The Bertz CT molecular complexity index is 847. The van der Waals surface area contributed by atoms with E-state index in [0.29, 0.717) is 5.39 Å². The summed E-state index contributed by atoms with van der Waals surface area (Å²) in [5.41, 5.74) is -0.449. The highest BCUT2D eigenvalue weighted by molar-refractivity contribution is 9.10. The molecule has 21 heavy (non-hydrogen) atoms. The summed E-state index contributed by atoms with van der Waals surface area (Å²) < 4.78 is 46.0. The average Bonchev–Trinajstić information content (AvgIpc) is 2.80. The first kappa shape index (κ1) is 13.9. The molecular formula is C15H6BrF3O2. The third kappa shape index (κ3) is 2.47. The molecule has 2 aromatic carbocycles. The summed E-state index contributed by atoms with van der Waals surface area (Å²) >= 11 is 2.93. The molecular weight excluding hydrogens is 349 g/mol. The van der Waals surface area contributed by atoms with Gasteiger partial charge in [0.05, 0.1) is 5.56 Å². The number of carbonyl (C=O) groups excluding carboxylic acids is 1. The Kier molecular flexibility index (Phi) is 3.33. The van der Waals surface area contributed by atoms with Gasteiger partial charge in [0.2, 0.25) is 5.78 Å². The number of carbonyl (C=O) groups is 1. The van der Waals surface area contributed by atoms with Crippen LogP contribution < -0.4 is 0 Å². The number of halogens is 4. The van der Waals surface area contributed by atoms with Crippen molar-refractivity contribution >= 4 is 32.7 Å². The first-order valence-corrected chi connectivity index (χ1v) is 6.63. The molecule has 0 atom stereocenters. The van der Waals surface area contributed by atoms with Crippen molar-refractivity contribution < 1.29 is 22.4 Å². The van der Waals surface area contributed by atoms with Gasteiger partial charge in [-0.3, -0.25) is 4.79 Å². The fourth-order valence-electron chi connectivity index (χ4n) is 2.01. The minimum absolute atomic E-state index is 0.181. The van der Waals surface area contributed by atoms with Gasteiger partial charge < -0.3 is 4.42 Å². The summed E-state index contributed by atoms with van der Waals surface area (Å²) in [6.45, 7) is 0. The number of hydrogen-bond donors (Lipinski definition) is 0. The quantitative estimate of drug-likeness (QED) is 0.616. The van der Waals surface area contributed by atoms with Crippen LogP contribution in [0.3, 0.4) is 0 Å². The standard InChI is InChI=1S/C15H6BrF3O2/c16-8-5-10(18)14(11(19)6-8)15(20)13-4-7-3-9(17)1-2-12(7)21-13/h1-6H. The largest absolute Gasteiger partial charge is 0.453 e. The number of furan rings is 1. The molecule has 0 radical (unpaired) electrons. The lowest BCUT2D eigenvalue weighted by Gasteiger charge is -2.02. The zero-order chi connectivity index (χ0) is 15.1. The number of hydrogen-bond acceptors (Lipinski definition) is 2. The lowest BCUT2D eigenvalue weighted by molar-refractivity contribution is 0.100. The van der Waals surface area contributed by atoms with Crippen LogP contribution in [-0.2, 0) is 0 Å². The molecule has 6 heteroatoms. The van der Waals surface area contributed by atoms with Crippen molar-refractivity contribution in [1.29, 1.82) is 0 Å². The van der Waals surface area contributed by atoms with Crippen LogP contribution in [0.15, 0.2) is 45.3 Å². The van der Waals surface area contributed by atoms with E-state index in [0.717, 1.165) is 12.1 Å². The molecule has 0 saturated heterocycles. The highest BCUT2D eigenvalue weighted by atomic mass is 79.9. The Morgan fingerprint density at radius 1 is 1.00 bits per heavy atom. The minimum atomic E-state index is -1.00. The second-order valence-corrected chi connectivity index (χ2v) is 5.28. The van der Waals surface area contributed by atoms with Gasteiger partial charge in [-0.15, -0.1) is 0 Å². The van der Waals surface area contributed by atoms with Gasteiger partial charge in [-0.25, -0.2) is 13.2 Å². The normalized spacial score (nSPS) is 11.0. The lowest BCUT2D eigenvalue weighted by atomic mass is 10.1. The van der Waals surface area contributed by atoms with E-state index < -0.39 is 28.8 Å². The lowest BCUT2D eigenvalue weighted by Crippen LogP contribution is -2.06. The predicted octanol–water partition coefficient (Wildman–Crippen LogP) is 4.84. The van der Waals surface area contributed by atoms with Gasteiger partial charge in [0.1, 0.15) is 23.0 Å². The number of fused-ring (bicyclic) bond motifs is 1. The Hall–Kier alpha value is -2.08. The van der Waals surface area contributed by atoms with E-state index in [2.05, 4.69) is 15.9 Å². The molecule has 0 fully saturated rings. The van der Waals surface area contributed by atoms with Gasteiger partial charge in [-0.1, -0.05) is 15.9 Å². The maximum Gasteiger partial charge on any atom is 0.234 e. The fraction of sp³-hybridized carbons (Fsp3) is 0. The van der Waals surface area contributed by atoms with Crippen LogP contribution >= 0.6 is 15.9 Å². The third-order valence-corrected chi connectivity index (χ3v) is 3.39. The van der Waals surface area contributed by atoms with Crippen LogP contribution in [0.1, 0.15) is 16.1 Å². The average molecular weight is 355 g/mol. The minimum Gasteiger partial charge on any atom is -0.453 e. The van der Waals surface area contributed by atoms with Gasteiger partial charge >= 0.3 is 0 Å². The van der Waals surface area contributed by atoms with Gasteiger partial charge in [-0.2, -0.15) is 0 Å². The van der Waals surface area contributed by atoms with Crippen molar-refractivity contribution in [2.75, 3.05) is 0 Å². The molecule has 0 spiro atoms. The van der Waals surface area contributed by atoms with Gasteiger partial charge in [0.25, 0.3) is 0 Å². The van der Waals surface area contributed by atoms with E-state index in [9.17, 15) is 18.0 Å². The van der Waals surface area contributed by atoms with Crippen molar-refractivity contribution in [3.63, 3.8) is 0 Å². The maximum atomic E-state index is 13.8. The van der Waals surface area contributed by atoms with Crippen LogP contribution in [0.4, 0.5) is 13.2 Å². The van der Waals surface area contributed by atoms with Crippen molar-refractivity contribution in [2.24, 2.45) is 0 Å². The summed E-state index contributed by atoms with van der Waals surface area (Å²) in [4.78, 5) is 12.2. The molecule has 0 amide bonds. The van der Waals surface area contributed by atoms with E-state index in [-0.39, 0.29) is 15.8 Å². The van der Waals surface area contributed by atoms with E-state index in [1.807, 2.05) is 0 Å². The second-order valence-electron chi connectivity index (χ2n) is 4.37. The summed E-state index contributed by atoms with van der Waals surface area (Å²) in [7, 11) is 0. The van der Waals surface area contributed by atoms with Crippen LogP contribution in [0, 0.1) is 17.5 Å². The molecule has 0 aliphatic rings. The van der Waals surface area contributed by atoms with Crippen molar-refractivity contribution in [3.8, 4) is 0 Å². The van der Waals surface area contributed by atoms with E-state index in [1.54, 1.807) is 0 Å². The molecule has 3 rings (SSSR count). The third-order valence-electron chi connectivity index (χ3n) is 2.94. The molecule has 3 aromatic rings. The second kappa shape index (κ2) is 5.04. The number of benzene rings is 2. The van der Waals surface area contributed by atoms with Gasteiger partial charge in [-0.05, 0) is 36.4 Å². The number of rotatable bonds is 2. The maximum absolute atomic E-state index is 13.8. The first-order valence-electron chi connectivity index (χ1n) is 5.84. The Morgan fingerprint density at radius 2 is 1.67 bits per heavy atom. The molecule has 0 unspecified atom stereocenters. The van der Waals surface area contributed by atoms with E-state index >= 15 is 0 Å². The van der Waals surface area contributed by atoms with Crippen molar-refractivity contribution in [3.05, 3.63) is 69.6 Å². The summed E-state index contributed by atoms with van der Waals surface area (Å²) in [5.74, 6) is -3.69. The number of ketones is 1. The molecule has 1 heterocycles. The molecule has 106 valence electrons. The summed E-state index contributed by atoms with van der Waals surface area (Å²) in [5, 5.41) is 0.344. The molecule has 0 saturated carbocycles. The van der Waals surface area contributed by atoms with Crippen molar-refractivity contribution in [1.82, 2.24) is 0 Å². The Labute approximate surface area is 125 Å². The molecule has 0 N–H and O–H groups in total. The van der Waals surface area contributed by atoms with Crippen LogP contribution in [0.5, 0.6) is 0 Å². The van der Waals surface area contributed by atoms with Gasteiger partial charge in [0, 0.05) is 9.86 Å². The van der Waals surface area contributed by atoms with Gasteiger partial charge in [0.15, 0.2) is 5.76 Å². The SMILES string of the molecule is O=C(c1cc2cc(F)ccc2o1)c1c(F)cc(Br)cc1F. The van der Waals surface area contributed by atoms with Crippen LogP contribution in [0.2, 0.25) is 0 Å². The molecule has 2 nitrogen and oxygen atoms in total. The highest BCUT2D eigenvalue weighted by Crippen LogP contribution is 2.26. The molecule has 0 aliphatic carbocycles. The molecule has 1 aromatic heterocycles. The highest BCUT2D eigenvalue weighted by Gasteiger charge is 2.23. The Morgan fingerprint density at radius 3 is 2.33 bits per heavy atom. The van der Waals surface area contributed by atoms with Crippen molar-refractivity contribution in [2.45, 2.75) is 0 Å². The zero-order valence-corrected chi connectivity index (χ0v) is 11.9. The first-order chi connectivity index (χ1) is 9.95. The summed E-state index contributed by atoms with van der Waals surface area (Å²) in [6, 6.07) is 6.90. The summed E-state index contributed by atoms with van der Waals surface area (Å²) in [6.07, 6.45) is 0. The van der Waals surface area contributed by atoms with E-state index in [4.69, 9.17) is 4.42 Å². The molecule has 0 bridgehead atoms. The Balaban J connectivity index is 2.12. The monoisotopic (exact) mass is 354 g/mol. The zero-order valence-electron chi connectivity index (χ0n) is 10.3. The smallest absolute Gasteiger partial charge is 0.234 e. The molecule has 0 aliphatic heterocycles. The predicted molar refractivity (Wildman–Crippen MR) is 73.7 cm³/mol. The van der Waals surface area contributed by atoms with E-state index in [1.165, 1.54) is 24.3 Å².